The molecule has 2 aromatic carbocycles. The average Bonchev–Trinajstić information content (AvgIpc) is 3.52. The van der Waals surface area contributed by atoms with Crippen molar-refractivity contribution in [1.82, 2.24) is 20.0 Å². The third-order valence-corrected chi connectivity index (χ3v) is 9.05. The third kappa shape index (κ3) is 5.36. The predicted molar refractivity (Wildman–Crippen MR) is 162 cm³/mol. The first-order valence-corrected chi connectivity index (χ1v) is 14.9. The van der Waals surface area contributed by atoms with Crippen LogP contribution in [0.25, 0.3) is 11.5 Å². The van der Waals surface area contributed by atoms with E-state index in [0.717, 1.165) is 61.5 Å². The molecule has 2 aromatic heterocycles. The van der Waals surface area contributed by atoms with Gasteiger partial charge in [0.05, 0.1) is 29.5 Å². The topological polar surface area (TPSA) is 126 Å². The Morgan fingerprint density at radius 1 is 1.02 bits per heavy atom. The smallest absolute Gasteiger partial charge is 0.338 e. The van der Waals surface area contributed by atoms with Crippen LogP contribution in [-0.2, 0) is 16.6 Å². The van der Waals surface area contributed by atoms with Crippen LogP contribution in [0.1, 0.15) is 66.5 Å². The molecular formula is C33H36N6O4. The zero-order valence-electron chi connectivity index (χ0n) is 24.5. The molecule has 3 fully saturated rings. The number of anilines is 3. The van der Waals surface area contributed by atoms with E-state index in [-0.39, 0.29) is 24.0 Å². The highest BCUT2D eigenvalue weighted by Gasteiger charge is 2.44. The van der Waals surface area contributed by atoms with Gasteiger partial charge in [-0.2, -0.15) is 4.98 Å². The Morgan fingerprint density at radius 3 is 2.53 bits per heavy atom. The van der Waals surface area contributed by atoms with Crippen molar-refractivity contribution < 1.29 is 19.2 Å². The number of nitrogens with one attached hydrogen (secondary N) is 2. The van der Waals surface area contributed by atoms with Crippen molar-refractivity contribution >= 4 is 23.2 Å². The van der Waals surface area contributed by atoms with E-state index in [4.69, 9.17) is 19.2 Å². The van der Waals surface area contributed by atoms with Crippen LogP contribution in [0.15, 0.2) is 65.3 Å². The fourth-order valence-electron chi connectivity index (χ4n) is 6.60. The second-order valence-corrected chi connectivity index (χ2v) is 12.5. The Hall–Kier alpha value is -4.28. The van der Waals surface area contributed by atoms with E-state index < -0.39 is 5.60 Å². The first-order valence-electron chi connectivity index (χ1n) is 14.9. The van der Waals surface area contributed by atoms with Gasteiger partial charge in [0, 0.05) is 29.8 Å². The number of esters is 1. The van der Waals surface area contributed by atoms with Crippen molar-refractivity contribution in [2.45, 2.75) is 56.6 Å². The molecule has 43 heavy (non-hydrogen) atoms. The van der Waals surface area contributed by atoms with E-state index in [0.29, 0.717) is 34.9 Å². The first kappa shape index (κ1) is 27.5. The second kappa shape index (κ2) is 10.8. The van der Waals surface area contributed by atoms with Crippen LogP contribution in [0, 0.1) is 0 Å². The molecule has 10 nitrogen and oxygen atoms in total. The number of carbonyl (C=O) groups is 1. The Morgan fingerprint density at radius 2 is 1.79 bits per heavy atom. The molecule has 0 aliphatic carbocycles. The summed E-state index contributed by atoms with van der Waals surface area (Å²) in [7, 11) is 0. The Bertz CT molecular complexity index is 1630. The molecule has 4 aliphatic heterocycles. The summed E-state index contributed by atoms with van der Waals surface area (Å²) in [4.78, 5) is 24.6. The van der Waals surface area contributed by atoms with Crippen molar-refractivity contribution in [2.24, 2.45) is 0 Å². The van der Waals surface area contributed by atoms with Crippen LogP contribution in [0.4, 0.5) is 17.2 Å². The summed E-state index contributed by atoms with van der Waals surface area (Å²) in [6.45, 7) is 6.91. The Kier molecular flexibility index (Phi) is 6.90. The van der Waals surface area contributed by atoms with Crippen molar-refractivity contribution in [2.75, 3.05) is 36.9 Å². The molecule has 1 atom stereocenters. The van der Waals surface area contributed by atoms with Crippen LogP contribution in [-0.4, -0.2) is 62.9 Å². The molecule has 10 heteroatoms. The summed E-state index contributed by atoms with van der Waals surface area (Å²) in [6, 6.07) is 16.9. The lowest BCUT2D eigenvalue weighted by molar-refractivity contribution is -0.00646. The maximum absolute atomic E-state index is 12.5. The number of aromatic nitrogens is 3. The number of pyridine rings is 1. The van der Waals surface area contributed by atoms with Crippen LogP contribution in [0.5, 0.6) is 0 Å². The minimum Gasteiger partial charge on any atom is -0.456 e. The second-order valence-electron chi connectivity index (χ2n) is 12.5. The molecule has 6 heterocycles. The summed E-state index contributed by atoms with van der Waals surface area (Å²) < 4.78 is 11.4. The number of cyclic esters (lactones) is 1. The van der Waals surface area contributed by atoms with E-state index in [1.165, 1.54) is 0 Å². The fourth-order valence-corrected chi connectivity index (χ4v) is 6.60. The van der Waals surface area contributed by atoms with E-state index in [2.05, 4.69) is 20.7 Å². The first-order chi connectivity index (χ1) is 20.8. The van der Waals surface area contributed by atoms with Gasteiger partial charge in [-0.15, -0.1) is 0 Å². The molecule has 0 radical (unpaired) electrons. The Labute approximate surface area is 250 Å². The van der Waals surface area contributed by atoms with Crippen molar-refractivity contribution in [3.8, 4) is 11.5 Å². The van der Waals surface area contributed by atoms with E-state index in [1.807, 2.05) is 62.4 Å². The molecule has 0 spiro atoms. The fraction of sp³-hybridized carbons (Fsp3) is 0.394. The molecule has 0 amide bonds. The number of rotatable bonds is 8. The summed E-state index contributed by atoms with van der Waals surface area (Å²) in [5.74, 6) is 1.46. The number of aliphatic hydroxyl groups is 1. The summed E-state index contributed by atoms with van der Waals surface area (Å²) in [5, 5.41) is 21.7. The van der Waals surface area contributed by atoms with Gasteiger partial charge < -0.3 is 29.9 Å². The minimum atomic E-state index is -0.562. The van der Waals surface area contributed by atoms with E-state index >= 15 is 0 Å². The largest absolute Gasteiger partial charge is 0.456 e. The van der Waals surface area contributed by atoms with E-state index in [1.54, 1.807) is 12.3 Å². The summed E-state index contributed by atoms with van der Waals surface area (Å²) in [6.07, 6.45) is 5.45. The lowest BCUT2D eigenvalue weighted by Gasteiger charge is -2.46. The molecule has 0 unspecified atom stereocenters. The normalized spacial score (nSPS) is 22.9. The van der Waals surface area contributed by atoms with Crippen molar-refractivity contribution in [3.63, 3.8) is 0 Å². The van der Waals surface area contributed by atoms with Gasteiger partial charge in [-0.05, 0) is 82.1 Å². The quantitative estimate of drug-likeness (QED) is 0.238. The number of aliphatic hydroxyl groups excluding tert-OH is 1. The number of nitrogens with zero attached hydrogens (tertiary/aromatic N) is 4. The maximum Gasteiger partial charge on any atom is 0.338 e. The molecule has 3 N–H and O–H groups in total. The lowest BCUT2D eigenvalue weighted by atomic mass is 9.71. The highest BCUT2D eigenvalue weighted by atomic mass is 16.6. The molecular weight excluding hydrogens is 544 g/mol. The van der Waals surface area contributed by atoms with Gasteiger partial charge in [0.2, 0.25) is 0 Å². The van der Waals surface area contributed by atoms with Gasteiger partial charge in [-0.1, -0.05) is 35.5 Å². The molecule has 4 aliphatic rings. The SMILES string of the molecule is CC1(C)Cc2cc(Nc3cc(N[C@H](CO)c4ccccc4)c(-c4nc(C56CCN(CC5)CC6)no4)cn3)ccc2C(=O)O1. The summed E-state index contributed by atoms with van der Waals surface area (Å²) >= 11 is 0. The monoisotopic (exact) mass is 580 g/mol. The van der Waals surface area contributed by atoms with Gasteiger partial charge >= 0.3 is 5.97 Å². The molecule has 0 saturated carbocycles. The summed E-state index contributed by atoms with van der Waals surface area (Å²) in [5.41, 5.74) is 4.03. The lowest BCUT2D eigenvalue weighted by Crippen LogP contribution is -2.51. The number of benzene rings is 2. The van der Waals surface area contributed by atoms with Crippen molar-refractivity contribution in [1.29, 1.82) is 0 Å². The number of fused-ring (bicyclic) bond motifs is 4. The minimum absolute atomic E-state index is 0.0376. The highest BCUT2D eigenvalue weighted by Crippen LogP contribution is 2.42. The predicted octanol–water partition coefficient (Wildman–Crippen LogP) is 5.25. The number of carbonyl (C=O) groups excluding carboxylic acids is 1. The number of hydrogen-bond donors (Lipinski definition) is 3. The van der Waals surface area contributed by atoms with Gasteiger partial charge in [0.15, 0.2) is 5.82 Å². The maximum atomic E-state index is 12.5. The van der Waals surface area contributed by atoms with E-state index in [9.17, 15) is 9.90 Å². The number of piperidine rings is 3. The van der Waals surface area contributed by atoms with Gasteiger partial charge in [0.25, 0.3) is 5.89 Å². The molecule has 222 valence electrons. The van der Waals surface area contributed by atoms with Crippen LogP contribution < -0.4 is 10.6 Å². The number of ether oxygens (including phenoxy) is 1. The van der Waals surface area contributed by atoms with Gasteiger partial charge in [-0.25, -0.2) is 9.78 Å². The number of hydrogen-bond acceptors (Lipinski definition) is 10. The highest BCUT2D eigenvalue weighted by molar-refractivity contribution is 5.93. The molecule has 3 saturated heterocycles. The van der Waals surface area contributed by atoms with Gasteiger partial charge in [-0.3, -0.25) is 0 Å². The molecule has 4 aromatic rings. The zero-order valence-corrected chi connectivity index (χ0v) is 24.5. The van der Waals surface area contributed by atoms with Crippen LogP contribution >= 0.6 is 0 Å². The Balaban J connectivity index is 1.22. The third-order valence-electron chi connectivity index (χ3n) is 9.05. The zero-order chi connectivity index (χ0) is 29.6. The standard InChI is InChI=1S/C33H36N6O4/c1-32(2)18-22-16-23(8-9-24(22)30(41)42-32)35-28-17-26(36-27(20-40)21-6-4-3-5-7-21)25(19-34-28)29-37-31(38-43-29)33-10-13-39(14-11-33)15-12-33/h3-9,16-17,19,27,40H,10-15,18,20H2,1-2H3,(H2,34,35,36)/t27-/m1/s1. The van der Waals surface area contributed by atoms with Gasteiger partial charge in [0.1, 0.15) is 11.4 Å². The average molecular weight is 581 g/mol. The van der Waals surface area contributed by atoms with Crippen LogP contribution in [0.2, 0.25) is 0 Å². The van der Waals surface area contributed by atoms with Crippen molar-refractivity contribution in [3.05, 3.63) is 83.3 Å². The molecule has 2 bridgehead atoms. The molecule has 8 rings (SSSR count). The van der Waals surface area contributed by atoms with Crippen LogP contribution in [0.3, 0.4) is 0 Å².